The number of carbonyl (C=O) groups excluding carboxylic acids is 2. The quantitative estimate of drug-likeness (QED) is 0.497. The Labute approximate surface area is 175 Å². The molecule has 0 saturated heterocycles. The average molecular weight is 413 g/mol. The molecule has 0 radical (unpaired) electrons. The van der Waals surface area contributed by atoms with Crippen molar-refractivity contribution in [2.45, 2.75) is 51.0 Å². The third-order valence-corrected chi connectivity index (χ3v) is 4.81. The summed E-state index contributed by atoms with van der Waals surface area (Å²) in [7, 11) is 0. The third-order valence-electron chi connectivity index (χ3n) is 4.81. The Balaban J connectivity index is 1.63. The monoisotopic (exact) mass is 413 g/mol. The SMILES string of the molecule is CC(C)(C)OC(=O)C[C@H](NC(=O)OCC1c2ccccc2-c2ccccc21)C(O)O. The van der Waals surface area contributed by atoms with Crippen LogP contribution in [0.25, 0.3) is 11.1 Å². The van der Waals surface area contributed by atoms with Crippen molar-refractivity contribution < 1.29 is 29.3 Å². The molecule has 3 N–H and O–H groups in total. The van der Waals surface area contributed by atoms with Gasteiger partial charge in [0.15, 0.2) is 6.29 Å². The number of amides is 1. The number of aliphatic hydroxyl groups excluding tert-OH is 1. The van der Waals surface area contributed by atoms with E-state index in [1.807, 2.05) is 48.5 Å². The van der Waals surface area contributed by atoms with E-state index < -0.39 is 30.0 Å². The van der Waals surface area contributed by atoms with Gasteiger partial charge in [0.05, 0.1) is 12.5 Å². The van der Waals surface area contributed by atoms with E-state index in [9.17, 15) is 19.8 Å². The Bertz CT molecular complexity index is 872. The number of alkyl carbamates (subject to hydrolysis) is 1. The minimum atomic E-state index is -1.93. The predicted octanol–water partition coefficient (Wildman–Crippen LogP) is 2.94. The summed E-state index contributed by atoms with van der Waals surface area (Å²) in [6.07, 6.45) is -3.16. The van der Waals surface area contributed by atoms with E-state index in [0.717, 1.165) is 22.3 Å². The first-order valence-corrected chi connectivity index (χ1v) is 9.85. The lowest BCUT2D eigenvalue weighted by molar-refractivity contribution is -0.158. The number of hydrogen-bond acceptors (Lipinski definition) is 6. The van der Waals surface area contributed by atoms with Gasteiger partial charge < -0.3 is 25.0 Å². The van der Waals surface area contributed by atoms with Crippen LogP contribution >= 0.6 is 0 Å². The molecule has 160 valence electrons. The summed E-state index contributed by atoms with van der Waals surface area (Å²) in [4.78, 5) is 24.3. The zero-order valence-corrected chi connectivity index (χ0v) is 17.3. The van der Waals surface area contributed by atoms with Gasteiger partial charge >= 0.3 is 12.1 Å². The highest BCUT2D eigenvalue weighted by Gasteiger charge is 2.30. The lowest BCUT2D eigenvalue weighted by Gasteiger charge is -2.24. The van der Waals surface area contributed by atoms with E-state index in [-0.39, 0.29) is 18.9 Å². The van der Waals surface area contributed by atoms with E-state index >= 15 is 0 Å². The van der Waals surface area contributed by atoms with Gasteiger partial charge in [-0.15, -0.1) is 0 Å². The number of aliphatic hydroxyl groups is 2. The molecule has 0 spiro atoms. The molecular weight excluding hydrogens is 386 g/mol. The third kappa shape index (κ3) is 5.17. The molecule has 0 unspecified atom stereocenters. The van der Waals surface area contributed by atoms with Gasteiger partial charge in [-0.1, -0.05) is 48.5 Å². The molecule has 1 aliphatic carbocycles. The maximum atomic E-state index is 12.3. The van der Waals surface area contributed by atoms with Gasteiger partial charge in [-0.25, -0.2) is 4.79 Å². The first kappa shape index (κ1) is 21.8. The Morgan fingerprint density at radius 3 is 2.03 bits per heavy atom. The van der Waals surface area contributed by atoms with Crippen LogP contribution in [0.15, 0.2) is 48.5 Å². The van der Waals surface area contributed by atoms with Crippen molar-refractivity contribution in [3.8, 4) is 11.1 Å². The maximum Gasteiger partial charge on any atom is 0.407 e. The molecule has 0 fully saturated rings. The summed E-state index contributed by atoms with van der Waals surface area (Å²) in [5.41, 5.74) is 3.63. The fraction of sp³-hybridized carbons (Fsp3) is 0.391. The van der Waals surface area contributed by atoms with Gasteiger partial charge in [-0.3, -0.25) is 4.79 Å². The van der Waals surface area contributed by atoms with Crippen molar-refractivity contribution in [1.29, 1.82) is 0 Å². The molecule has 2 aromatic rings. The van der Waals surface area contributed by atoms with Crippen LogP contribution in [0.1, 0.15) is 44.2 Å². The molecule has 0 aromatic heterocycles. The topological polar surface area (TPSA) is 105 Å². The lowest BCUT2D eigenvalue weighted by atomic mass is 9.98. The maximum absolute atomic E-state index is 12.3. The minimum absolute atomic E-state index is 0.0839. The second kappa shape index (κ2) is 8.85. The lowest BCUT2D eigenvalue weighted by Crippen LogP contribution is -2.45. The first-order chi connectivity index (χ1) is 14.2. The average Bonchev–Trinajstić information content (AvgIpc) is 2.98. The number of fused-ring (bicyclic) bond motifs is 3. The highest BCUT2D eigenvalue weighted by molar-refractivity contribution is 5.79. The summed E-state index contributed by atoms with van der Waals surface area (Å²) in [6.45, 7) is 5.19. The zero-order valence-electron chi connectivity index (χ0n) is 17.3. The van der Waals surface area contributed by atoms with Gasteiger partial charge in [0, 0.05) is 5.92 Å². The fourth-order valence-corrected chi connectivity index (χ4v) is 3.59. The molecule has 1 amide bonds. The Hall–Kier alpha value is -2.90. The van der Waals surface area contributed by atoms with Crippen LogP contribution < -0.4 is 5.32 Å². The van der Waals surface area contributed by atoms with E-state index in [1.165, 1.54) is 0 Å². The second-order valence-corrected chi connectivity index (χ2v) is 8.28. The van der Waals surface area contributed by atoms with Crippen molar-refractivity contribution in [2.24, 2.45) is 0 Å². The fourth-order valence-electron chi connectivity index (χ4n) is 3.59. The smallest absolute Gasteiger partial charge is 0.407 e. The van der Waals surface area contributed by atoms with Crippen LogP contribution in [0.4, 0.5) is 4.79 Å². The number of esters is 1. The number of nitrogens with one attached hydrogen (secondary N) is 1. The summed E-state index contributed by atoms with van der Waals surface area (Å²) in [5.74, 6) is -0.772. The number of hydrogen-bond donors (Lipinski definition) is 3. The summed E-state index contributed by atoms with van der Waals surface area (Å²) < 4.78 is 10.5. The predicted molar refractivity (Wildman–Crippen MR) is 111 cm³/mol. The van der Waals surface area contributed by atoms with Crippen LogP contribution in [-0.4, -0.2) is 46.8 Å². The van der Waals surface area contributed by atoms with E-state index in [4.69, 9.17) is 9.47 Å². The molecule has 0 aliphatic heterocycles. The van der Waals surface area contributed by atoms with Crippen LogP contribution in [0.3, 0.4) is 0 Å². The van der Waals surface area contributed by atoms with E-state index in [0.29, 0.717) is 0 Å². The van der Waals surface area contributed by atoms with Crippen molar-refractivity contribution in [3.05, 3.63) is 59.7 Å². The standard InChI is InChI=1S/C23H27NO6/c1-23(2,3)30-20(25)12-19(21(26)27)24-22(28)29-13-18-16-10-6-4-8-14(16)15-9-5-7-11-17(15)18/h4-11,18-19,21,26-27H,12-13H2,1-3H3,(H,24,28)/t19-/m0/s1. The Morgan fingerprint density at radius 1 is 1.00 bits per heavy atom. The zero-order chi connectivity index (χ0) is 21.9. The Kier molecular flexibility index (Phi) is 6.43. The minimum Gasteiger partial charge on any atom is -0.460 e. The first-order valence-electron chi connectivity index (χ1n) is 9.85. The van der Waals surface area contributed by atoms with Crippen molar-refractivity contribution in [3.63, 3.8) is 0 Å². The number of ether oxygens (including phenoxy) is 2. The molecule has 0 bridgehead atoms. The normalized spacial score (nSPS) is 14.1. The molecule has 0 saturated carbocycles. The van der Waals surface area contributed by atoms with Crippen molar-refractivity contribution in [1.82, 2.24) is 5.32 Å². The van der Waals surface area contributed by atoms with Crippen LogP contribution in [-0.2, 0) is 14.3 Å². The van der Waals surface area contributed by atoms with E-state index in [2.05, 4.69) is 5.32 Å². The molecule has 1 atom stereocenters. The highest BCUT2D eigenvalue weighted by Crippen LogP contribution is 2.44. The number of rotatable bonds is 6. The van der Waals surface area contributed by atoms with Gasteiger partial charge in [-0.2, -0.15) is 0 Å². The number of benzene rings is 2. The summed E-state index contributed by atoms with van der Waals surface area (Å²) >= 11 is 0. The second-order valence-electron chi connectivity index (χ2n) is 8.28. The van der Waals surface area contributed by atoms with Gasteiger partial charge in [0.25, 0.3) is 0 Å². The van der Waals surface area contributed by atoms with Crippen LogP contribution in [0, 0.1) is 0 Å². The molecule has 1 aliphatic rings. The number of carbonyl (C=O) groups is 2. The van der Waals surface area contributed by atoms with Crippen molar-refractivity contribution in [2.75, 3.05) is 6.61 Å². The molecule has 30 heavy (non-hydrogen) atoms. The molecule has 3 rings (SSSR count). The molecular formula is C23H27NO6. The van der Waals surface area contributed by atoms with Crippen LogP contribution in [0.5, 0.6) is 0 Å². The highest BCUT2D eigenvalue weighted by atomic mass is 16.6. The van der Waals surface area contributed by atoms with Gasteiger partial charge in [0.1, 0.15) is 12.2 Å². The molecule has 7 nitrogen and oxygen atoms in total. The van der Waals surface area contributed by atoms with Gasteiger partial charge in [0.2, 0.25) is 0 Å². The van der Waals surface area contributed by atoms with Crippen molar-refractivity contribution >= 4 is 12.1 Å². The molecule has 0 heterocycles. The molecule has 7 heteroatoms. The Morgan fingerprint density at radius 2 is 1.53 bits per heavy atom. The van der Waals surface area contributed by atoms with Gasteiger partial charge in [-0.05, 0) is 43.0 Å². The largest absolute Gasteiger partial charge is 0.460 e. The summed E-state index contributed by atoms with van der Waals surface area (Å²) in [6, 6.07) is 14.7. The van der Waals surface area contributed by atoms with Crippen LogP contribution in [0.2, 0.25) is 0 Å². The summed E-state index contributed by atoms with van der Waals surface area (Å²) in [5, 5.41) is 21.4. The molecule has 2 aromatic carbocycles. The van der Waals surface area contributed by atoms with E-state index in [1.54, 1.807) is 20.8 Å².